The van der Waals surface area contributed by atoms with Gasteiger partial charge < -0.3 is 0 Å². The van der Waals surface area contributed by atoms with E-state index in [0.717, 1.165) is 50.1 Å². The van der Waals surface area contributed by atoms with Crippen LogP contribution in [0.1, 0.15) is 11.3 Å². The van der Waals surface area contributed by atoms with Crippen LogP contribution in [0, 0.1) is 13.8 Å². The number of nitrogens with zero attached hydrogens (tertiary/aromatic N) is 3. The molecule has 0 amide bonds. The maximum Gasteiger partial charge on any atom is 0.175 e. The molecule has 5 aromatic rings. The van der Waals surface area contributed by atoms with Gasteiger partial charge in [-0.05, 0) is 61.4 Å². The second-order valence-corrected chi connectivity index (χ2v) is 11.0. The first-order chi connectivity index (χ1) is 16.7. The molecule has 5 nitrogen and oxygen atoms in total. The minimum absolute atomic E-state index is 0.256. The molecule has 0 saturated carbocycles. The van der Waals surface area contributed by atoms with Gasteiger partial charge in [-0.1, -0.05) is 41.9 Å². The highest BCUT2D eigenvalue weighted by Crippen LogP contribution is 2.38. The fraction of sp³-hybridized carbons (Fsp3) is 0.107. The van der Waals surface area contributed by atoms with Gasteiger partial charge in [0.25, 0.3) is 0 Å². The number of hydrogen-bond acceptors (Lipinski definition) is 5. The highest BCUT2D eigenvalue weighted by molar-refractivity contribution is 7.90. The van der Waals surface area contributed by atoms with Crippen molar-refractivity contribution in [2.24, 2.45) is 0 Å². The third kappa shape index (κ3) is 4.55. The number of benzene rings is 2. The summed E-state index contributed by atoms with van der Waals surface area (Å²) in [6.45, 7) is 4.03. The Kier molecular flexibility index (Phi) is 5.87. The lowest BCUT2D eigenvalue weighted by Gasteiger charge is -2.15. The summed E-state index contributed by atoms with van der Waals surface area (Å²) >= 11 is 6.34. The van der Waals surface area contributed by atoms with Crippen LogP contribution in [0.2, 0.25) is 5.02 Å². The van der Waals surface area contributed by atoms with E-state index in [9.17, 15) is 8.42 Å². The van der Waals surface area contributed by atoms with Gasteiger partial charge in [-0.25, -0.2) is 13.4 Å². The summed E-state index contributed by atoms with van der Waals surface area (Å²) < 4.78 is 23.9. The molecule has 0 spiro atoms. The van der Waals surface area contributed by atoms with Crippen molar-refractivity contribution in [1.29, 1.82) is 0 Å². The van der Waals surface area contributed by atoms with Crippen molar-refractivity contribution in [2.75, 3.05) is 6.26 Å². The van der Waals surface area contributed by atoms with Crippen molar-refractivity contribution in [3.8, 4) is 33.6 Å². The molecule has 0 aliphatic heterocycles. The van der Waals surface area contributed by atoms with E-state index in [0.29, 0.717) is 10.7 Å². The molecule has 0 aliphatic rings. The van der Waals surface area contributed by atoms with Gasteiger partial charge in [0.2, 0.25) is 0 Å². The summed E-state index contributed by atoms with van der Waals surface area (Å²) in [7, 11) is -3.30. The monoisotopic (exact) mass is 499 g/mol. The van der Waals surface area contributed by atoms with Crippen molar-refractivity contribution in [1.82, 2.24) is 15.0 Å². The first-order valence-electron chi connectivity index (χ1n) is 11.0. The van der Waals surface area contributed by atoms with E-state index >= 15 is 0 Å². The number of rotatable bonds is 4. The Balaban J connectivity index is 1.73. The second-order valence-electron chi connectivity index (χ2n) is 8.56. The summed E-state index contributed by atoms with van der Waals surface area (Å²) in [4.78, 5) is 14.4. The molecule has 174 valence electrons. The van der Waals surface area contributed by atoms with E-state index in [1.165, 1.54) is 6.26 Å². The highest BCUT2D eigenvalue weighted by atomic mass is 35.5. The van der Waals surface area contributed by atoms with E-state index in [4.69, 9.17) is 16.6 Å². The van der Waals surface area contributed by atoms with Crippen LogP contribution >= 0.6 is 11.6 Å². The van der Waals surface area contributed by atoms with Gasteiger partial charge in [-0.3, -0.25) is 9.97 Å². The van der Waals surface area contributed by atoms with Crippen LogP contribution in [0.15, 0.2) is 84.0 Å². The first kappa shape index (κ1) is 23.1. The van der Waals surface area contributed by atoms with E-state index < -0.39 is 9.84 Å². The van der Waals surface area contributed by atoms with Gasteiger partial charge >= 0.3 is 0 Å². The van der Waals surface area contributed by atoms with Crippen LogP contribution in [0.4, 0.5) is 0 Å². The number of para-hydroxylation sites is 1. The average Bonchev–Trinajstić information content (AvgIpc) is 2.84. The topological polar surface area (TPSA) is 72.8 Å². The molecule has 0 bridgehead atoms. The van der Waals surface area contributed by atoms with E-state index in [2.05, 4.69) is 29.0 Å². The molecule has 3 heterocycles. The van der Waals surface area contributed by atoms with E-state index in [1.807, 2.05) is 43.5 Å². The van der Waals surface area contributed by atoms with Crippen molar-refractivity contribution < 1.29 is 8.42 Å². The Morgan fingerprint density at radius 3 is 2.29 bits per heavy atom. The molecular formula is C28H22ClN3O2S. The maximum atomic E-state index is 11.9. The molecule has 5 rings (SSSR count). The maximum absolute atomic E-state index is 11.9. The Labute approximate surface area is 209 Å². The molecule has 2 aromatic carbocycles. The zero-order chi connectivity index (χ0) is 24.7. The Bertz CT molecular complexity index is 1700. The van der Waals surface area contributed by atoms with Gasteiger partial charge in [0.15, 0.2) is 9.84 Å². The predicted molar refractivity (Wildman–Crippen MR) is 141 cm³/mol. The molecule has 35 heavy (non-hydrogen) atoms. The lowest BCUT2D eigenvalue weighted by molar-refractivity contribution is 0.602. The normalized spacial score (nSPS) is 11.7. The first-order valence-corrected chi connectivity index (χ1v) is 13.3. The largest absolute Gasteiger partial charge is 0.261 e. The smallest absolute Gasteiger partial charge is 0.175 e. The summed E-state index contributed by atoms with van der Waals surface area (Å²) in [5, 5.41) is 1.59. The Morgan fingerprint density at radius 2 is 1.54 bits per heavy atom. The summed E-state index contributed by atoms with van der Waals surface area (Å²) in [6.07, 6.45) is 4.60. The van der Waals surface area contributed by atoms with Gasteiger partial charge in [0.1, 0.15) is 0 Å². The van der Waals surface area contributed by atoms with Crippen molar-refractivity contribution in [3.63, 3.8) is 0 Å². The third-order valence-electron chi connectivity index (χ3n) is 5.94. The standard InChI is InChI=1S/C28H22ClN3O2S/c1-17-12-27(32-26-7-5-4-6-22(17)26)24-13-18(2)30-16-25(24)28-23(14-20(29)15-31-28)19-8-10-21(11-9-19)35(3,33)34/h4-16H,1-3H3. The molecule has 0 aliphatic carbocycles. The minimum atomic E-state index is -3.30. The van der Waals surface area contributed by atoms with E-state index in [-0.39, 0.29) is 4.90 Å². The van der Waals surface area contributed by atoms with Gasteiger partial charge in [0.05, 0.1) is 26.8 Å². The number of aromatic nitrogens is 3. The fourth-order valence-electron chi connectivity index (χ4n) is 4.20. The average molecular weight is 500 g/mol. The van der Waals surface area contributed by atoms with Gasteiger partial charge in [-0.2, -0.15) is 0 Å². The molecule has 7 heteroatoms. The highest BCUT2D eigenvalue weighted by Gasteiger charge is 2.18. The molecule has 3 aromatic heterocycles. The molecule has 0 unspecified atom stereocenters. The number of halogens is 1. The number of aryl methyl sites for hydroxylation is 2. The molecular weight excluding hydrogens is 478 g/mol. The Hall–Kier alpha value is -3.61. The van der Waals surface area contributed by atoms with Crippen molar-refractivity contribution in [3.05, 3.63) is 95.4 Å². The Morgan fingerprint density at radius 1 is 0.800 bits per heavy atom. The number of sulfone groups is 1. The van der Waals surface area contributed by atoms with Crippen LogP contribution in [-0.2, 0) is 9.84 Å². The third-order valence-corrected chi connectivity index (χ3v) is 7.28. The second kappa shape index (κ2) is 8.87. The molecule has 0 saturated heterocycles. The predicted octanol–water partition coefficient (Wildman–Crippen LogP) is 6.70. The summed E-state index contributed by atoms with van der Waals surface area (Å²) in [6, 6.07) is 20.7. The molecule has 0 N–H and O–H groups in total. The zero-order valence-electron chi connectivity index (χ0n) is 19.4. The van der Waals surface area contributed by atoms with Gasteiger partial charge in [0, 0.05) is 46.4 Å². The fourth-order valence-corrected chi connectivity index (χ4v) is 4.99. The number of pyridine rings is 3. The van der Waals surface area contributed by atoms with Crippen LogP contribution < -0.4 is 0 Å². The lowest BCUT2D eigenvalue weighted by Crippen LogP contribution is -1.98. The quantitative estimate of drug-likeness (QED) is 0.275. The lowest BCUT2D eigenvalue weighted by atomic mass is 9.95. The van der Waals surface area contributed by atoms with Crippen LogP contribution in [0.3, 0.4) is 0 Å². The summed E-state index contributed by atoms with van der Waals surface area (Å²) in [5.74, 6) is 0. The molecule has 0 fully saturated rings. The van der Waals surface area contributed by atoms with E-state index in [1.54, 1.807) is 30.5 Å². The van der Waals surface area contributed by atoms with Crippen LogP contribution in [-0.4, -0.2) is 29.6 Å². The number of hydrogen-bond donors (Lipinski definition) is 0. The van der Waals surface area contributed by atoms with Crippen LogP contribution in [0.5, 0.6) is 0 Å². The van der Waals surface area contributed by atoms with Crippen molar-refractivity contribution in [2.45, 2.75) is 18.7 Å². The van der Waals surface area contributed by atoms with Crippen LogP contribution in [0.25, 0.3) is 44.5 Å². The minimum Gasteiger partial charge on any atom is -0.261 e. The summed E-state index contributed by atoms with van der Waals surface area (Å²) in [5.41, 5.74) is 7.75. The van der Waals surface area contributed by atoms with Gasteiger partial charge in [-0.15, -0.1) is 0 Å². The van der Waals surface area contributed by atoms with Crippen molar-refractivity contribution >= 4 is 32.3 Å². The molecule has 0 radical (unpaired) electrons. The SMILES string of the molecule is Cc1cc(-c2cc(C)c3ccccc3n2)c(-c2ncc(Cl)cc2-c2ccc(S(C)(=O)=O)cc2)cn1. The number of fused-ring (bicyclic) bond motifs is 1. The molecule has 0 atom stereocenters. The zero-order valence-corrected chi connectivity index (χ0v) is 21.0.